The predicted octanol–water partition coefficient (Wildman–Crippen LogP) is 0.658. The van der Waals surface area contributed by atoms with Gasteiger partial charge in [-0.2, -0.15) is 0 Å². The lowest BCUT2D eigenvalue weighted by Gasteiger charge is -2.35. The molecule has 1 unspecified atom stereocenters. The van der Waals surface area contributed by atoms with Crippen molar-refractivity contribution in [3.05, 3.63) is 29.8 Å². The second-order valence-corrected chi connectivity index (χ2v) is 8.15. The lowest BCUT2D eigenvalue weighted by molar-refractivity contribution is -0.144. The maximum absolute atomic E-state index is 12.6. The molecule has 1 fully saturated rings. The molecule has 10 heteroatoms. The highest BCUT2D eigenvalue weighted by atomic mass is 16.5. The van der Waals surface area contributed by atoms with E-state index in [0.29, 0.717) is 56.5 Å². The molecule has 1 saturated heterocycles. The molecule has 0 saturated carbocycles. The van der Waals surface area contributed by atoms with Gasteiger partial charge in [0, 0.05) is 31.7 Å². The highest BCUT2D eigenvalue weighted by Gasteiger charge is 2.33. The molecule has 1 aromatic carbocycles. The number of carbonyl (C=O) groups is 2. The standard InChI is InChI=1S/C21H34BN3O6/c1-31-18-7-5-17(6-8-18)19(26)25-15-13-24(14-16-25)12-4-10-21(23,20(27)28)9-2-3-11-22(29)30/h5-8,29-30H,2-4,9-16,23H2,1H3,(H,27,28). The number of nitrogens with zero attached hydrogens (tertiary/aromatic N) is 2. The van der Waals surface area contributed by atoms with Gasteiger partial charge in [-0.15, -0.1) is 0 Å². The number of carbonyl (C=O) groups excluding carboxylic acids is 1. The number of nitrogens with two attached hydrogens (primary N) is 1. The van der Waals surface area contributed by atoms with Crippen molar-refractivity contribution in [2.24, 2.45) is 5.73 Å². The van der Waals surface area contributed by atoms with E-state index in [4.69, 9.17) is 20.5 Å². The summed E-state index contributed by atoms with van der Waals surface area (Å²) in [5, 5.41) is 27.3. The van der Waals surface area contributed by atoms with Crippen LogP contribution in [0.1, 0.15) is 42.5 Å². The normalized spacial score (nSPS) is 16.6. The fourth-order valence-electron chi connectivity index (χ4n) is 3.82. The summed E-state index contributed by atoms with van der Waals surface area (Å²) in [6.45, 7) is 3.45. The molecule has 2 rings (SSSR count). The molecule has 0 aliphatic carbocycles. The van der Waals surface area contributed by atoms with E-state index in [1.54, 1.807) is 31.4 Å². The summed E-state index contributed by atoms with van der Waals surface area (Å²) in [6, 6.07) is 7.08. The largest absolute Gasteiger partial charge is 0.497 e. The van der Waals surface area contributed by atoms with Crippen LogP contribution in [0.4, 0.5) is 0 Å². The quantitative estimate of drug-likeness (QED) is 0.278. The van der Waals surface area contributed by atoms with Crippen molar-refractivity contribution in [1.82, 2.24) is 9.80 Å². The Balaban J connectivity index is 1.73. The number of hydrogen-bond acceptors (Lipinski definition) is 7. The van der Waals surface area contributed by atoms with Crippen LogP contribution in [0.25, 0.3) is 0 Å². The Morgan fingerprint density at radius 2 is 1.68 bits per heavy atom. The first-order chi connectivity index (χ1) is 14.7. The minimum Gasteiger partial charge on any atom is -0.497 e. The van der Waals surface area contributed by atoms with E-state index in [-0.39, 0.29) is 12.2 Å². The third-order valence-corrected chi connectivity index (χ3v) is 5.85. The minimum atomic E-state index is -1.37. The van der Waals surface area contributed by atoms with Crippen molar-refractivity contribution in [3.63, 3.8) is 0 Å². The number of unbranched alkanes of at least 4 members (excludes halogenated alkanes) is 1. The number of hydrogen-bond donors (Lipinski definition) is 4. The van der Waals surface area contributed by atoms with Crippen molar-refractivity contribution in [2.75, 3.05) is 39.8 Å². The third-order valence-electron chi connectivity index (χ3n) is 5.85. The molecule has 172 valence electrons. The van der Waals surface area contributed by atoms with Crippen LogP contribution in [0.3, 0.4) is 0 Å². The fraction of sp³-hybridized carbons (Fsp3) is 0.619. The zero-order chi connectivity index (χ0) is 22.9. The fourth-order valence-corrected chi connectivity index (χ4v) is 3.82. The topological polar surface area (TPSA) is 137 Å². The number of carboxylic acids is 1. The van der Waals surface area contributed by atoms with Crippen molar-refractivity contribution >= 4 is 19.0 Å². The first kappa shape index (κ1) is 25.1. The Kier molecular flexibility index (Phi) is 9.76. The number of rotatable bonds is 12. The minimum absolute atomic E-state index is 0.00199. The molecule has 0 spiro atoms. The predicted molar refractivity (Wildman–Crippen MR) is 118 cm³/mol. The highest BCUT2D eigenvalue weighted by molar-refractivity contribution is 6.40. The number of benzene rings is 1. The summed E-state index contributed by atoms with van der Waals surface area (Å²) in [6.07, 6.45) is 2.59. The number of aliphatic carboxylic acids is 1. The summed E-state index contributed by atoms with van der Waals surface area (Å²) in [7, 11) is 0.219. The molecule has 31 heavy (non-hydrogen) atoms. The van der Waals surface area contributed by atoms with Gasteiger partial charge in [0.2, 0.25) is 0 Å². The number of carboxylic acid groups (broad SMARTS) is 1. The molecule has 1 heterocycles. The summed E-state index contributed by atoms with van der Waals surface area (Å²) < 4.78 is 5.12. The molecule has 0 aromatic heterocycles. The van der Waals surface area contributed by atoms with Gasteiger partial charge in [-0.1, -0.05) is 12.8 Å². The lowest BCUT2D eigenvalue weighted by Crippen LogP contribution is -2.50. The van der Waals surface area contributed by atoms with E-state index in [9.17, 15) is 14.7 Å². The monoisotopic (exact) mass is 435 g/mol. The van der Waals surface area contributed by atoms with Crippen LogP contribution in [0.2, 0.25) is 6.32 Å². The molecule has 0 bridgehead atoms. The van der Waals surface area contributed by atoms with E-state index in [1.165, 1.54) is 0 Å². The average molecular weight is 435 g/mol. The van der Waals surface area contributed by atoms with Crippen LogP contribution in [0, 0.1) is 0 Å². The van der Waals surface area contributed by atoms with Gasteiger partial charge in [-0.25, -0.2) is 0 Å². The molecule has 1 amide bonds. The molecule has 9 nitrogen and oxygen atoms in total. The molecule has 1 aliphatic heterocycles. The van der Waals surface area contributed by atoms with E-state index < -0.39 is 18.6 Å². The van der Waals surface area contributed by atoms with Crippen LogP contribution in [-0.2, 0) is 4.79 Å². The van der Waals surface area contributed by atoms with Crippen LogP contribution in [-0.4, -0.2) is 89.3 Å². The van der Waals surface area contributed by atoms with Gasteiger partial charge in [0.25, 0.3) is 5.91 Å². The molecular formula is C21H34BN3O6. The van der Waals surface area contributed by atoms with Gasteiger partial charge in [0.15, 0.2) is 0 Å². The summed E-state index contributed by atoms with van der Waals surface area (Å²) in [5.74, 6) is -0.307. The molecule has 1 atom stereocenters. The van der Waals surface area contributed by atoms with Gasteiger partial charge in [-0.05, 0) is 56.4 Å². The highest BCUT2D eigenvalue weighted by Crippen LogP contribution is 2.20. The SMILES string of the molecule is COc1ccc(C(=O)N2CCN(CCCC(N)(CCCCB(O)O)C(=O)O)CC2)cc1. The second kappa shape index (κ2) is 12.0. The zero-order valence-corrected chi connectivity index (χ0v) is 18.2. The van der Waals surface area contributed by atoms with Crippen LogP contribution in [0.5, 0.6) is 5.75 Å². The van der Waals surface area contributed by atoms with Crippen molar-refractivity contribution in [1.29, 1.82) is 0 Å². The first-order valence-corrected chi connectivity index (χ1v) is 10.8. The number of ether oxygens (including phenoxy) is 1. The van der Waals surface area contributed by atoms with Crippen molar-refractivity contribution in [3.8, 4) is 5.75 Å². The average Bonchev–Trinajstić information content (AvgIpc) is 2.76. The molecule has 1 aliphatic rings. The Morgan fingerprint density at radius 1 is 1.06 bits per heavy atom. The van der Waals surface area contributed by atoms with Crippen LogP contribution >= 0.6 is 0 Å². The molecule has 0 radical (unpaired) electrons. The number of piperazine rings is 1. The maximum Gasteiger partial charge on any atom is 0.451 e. The van der Waals surface area contributed by atoms with Crippen LogP contribution < -0.4 is 10.5 Å². The number of amides is 1. The third kappa shape index (κ3) is 7.81. The van der Waals surface area contributed by atoms with Gasteiger partial charge in [0.1, 0.15) is 11.3 Å². The Bertz CT molecular complexity index is 710. The van der Waals surface area contributed by atoms with E-state index in [0.717, 1.165) is 19.6 Å². The summed E-state index contributed by atoms with van der Waals surface area (Å²) in [5.41, 5.74) is 5.45. The van der Waals surface area contributed by atoms with Crippen molar-refractivity contribution in [2.45, 2.75) is 44.0 Å². The van der Waals surface area contributed by atoms with E-state index in [2.05, 4.69) is 4.90 Å². The van der Waals surface area contributed by atoms with Gasteiger partial charge < -0.3 is 30.5 Å². The Morgan fingerprint density at radius 3 is 2.23 bits per heavy atom. The zero-order valence-electron chi connectivity index (χ0n) is 18.2. The van der Waals surface area contributed by atoms with Gasteiger partial charge in [-0.3, -0.25) is 14.5 Å². The van der Waals surface area contributed by atoms with Gasteiger partial charge >= 0.3 is 13.1 Å². The molecule has 1 aromatic rings. The number of methoxy groups -OCH3 is 1. The maximum atomic E-state index is 12.6. The smallest absolute Gasteiger partial charge is 0.451 e. The lowest BCUT2D eigenvalue weighted by atomic mass is 9.81. The van der Waals surface area contributed by atoms with E-state index in [1.807, 2.05) is 4.90 Å². The van der Waals surface area contributed by atoms with Crippen LogP contribution in [0.15, 0.2) is 24.3 Å². The Labute approximate surface area is 183 Å². The summed E-state index contributed by atoms with van der Waals surface area (Å²) in [4.78, 5) is 28.3. The Hall–Kier alpha value is -2.14. The van der Waals surface area contributed by atoms with Gasteiger partial charge in [0.05, 0.1) is 7.11 Å². The first-order valence-electron chi connectivity index (χ1n) is 10.8. The molecule has 5 N–H and O–H groups in total. The second-order valence-electron chi connectivity index (χ2n) is 8.15. The van der Waals surface area contributed by atoms with E-state index >= 15 is 0 Å². The molecular weight excluding hydrogens is 401 g/mol. The summed E-state index contributed by atoms with van der Waals surface area (Å²) >= 11 is 0. The van der Waals surface area contributed by atoms with Crippen molar-refractivity contribution < 1.29 is 29.5 Å².